The van der Waals surface area contributed by atoms with Crippen LogP contribution in [0.1, 0.15) is 30.6 Å². The van der Waals surface area contributed by atoms with Gasteiger partial charge in [-0.05, 0) is 46.5 Å². The number of carbonyl (C=O) groups excluding carboxylic acids is 1. The Morgan fingerprint density at radius 3 is 2.72 bits per heavy atom. The minimum atomic E-state index is -0.429. The largest absolute Gasteiger partial charge is 0.393 e. The van der Waals surface area contributed by atoms with Gasteiger partial charge in [0.15, 0.2) is 0 Å². The number of hydrogen-bond acceptors (Lipinski definition) is 2. The second kappa shape index (κ2) is 6.85. The van der Waals surface area contributed by atoms with Crippen molar-refractivity contribution in [2.24, 2.45) is 5.92 Å². The number of amides is 1. The summed E-state index contributed by atoms with van der Waals surface area (Å²) in [6.07, 6.45) is 0.0735. The van der Waals surface area contributed by atoms with Crippen LogP contribution in [0.2, 0.25) is 0 Å². The van der Waals surface area contributed by atoms with Gasteiger partial charge < -0.3 is 10.4 Å². The molecule has 5 heteroatoms. The summed E-state index contributed by atoms with van der Waals surface area (Å²) in [4.78, 5) is 11.8. The molecule has 0 fully saturated rings. The Bertz CT molecular complexity index is 423. The third kappa shape index (κ3) is 4.38. The molecule has 1 atom stereocenters. The molecule has 0 bridgehead atoms. The van der Waals surface area contributed by atoms with E-state index < -0.39 is 11.9 Å². The van der Waals surface area contributed by atoms with E-state index in [-0.39, 0.29) is 11.8 Å². The number of aliphatic hydroxyl groups is 1. The molecule has 3 nitrogen and oxygen atoms in total. The lowest BCUT2D eigenvalue weighted by molar-refractivity contribution is 0.0919. The lowest BCUT2D eigenvalue weighted by Gasteiger charge is -2.14. The first-order valence-electron chi connectivity index (χ1n) is 5.83. The quantitative estimate of drug-likeness (QED) is 0.877. The lowest BCUT2D eigenvalue weighted by atomic mass is 10.0. The van der Waals surface area contributed by atoms with E-state index in [1.54, 1.807) is 0 Å². The van der Waals surface area contributed by atoms with Crippen LogP contribution in [0.3, 0.4) is 0 Å². The van der Waals surface area contributed by atoms with Crippen molar-refractivity contribution in [3.8, 4) is 0 Å². The fourth-order valence-electron chi connectivity index (χ4n) is 1.44. The minimum Gasteiger partial charge on any atom is -0.393 e. The molecule has 0 heterocycles. The first kappa shape index (κ1) is 15.1. The van der Waals surface area contributed by atoms with Crippen molar-refractivity contribution in [3.05, 3.63) is 34.1 Å². The normalized spacial score (nSPS) is 12.6. The summed E-state index contributed by atoms with van der Waals surface area (Å²) >= 11 is 3.14. The smallest absolute Gasteiger partial charge is 0.252 e. The number of aliphatic hydroxyl groups excluding tert-OH is 1. The van der Waals surface area contributed by atoms with Crippen LogP contribution in [0.15, 0.2) is 22.7 Å². The van der Waals surface area contributed by atoms with E-state index >= 15 is 0 Å². The molecule has 2 N–H and O–H groups in total. The molecule has 1 unspecified atom stereocenters. The van der Waals surface area contributed by atoms with Gasteiger partial charge in [0.1, 0.15) is 5.82 Å². The Hall–Kier alpha value is -0.940. The van der Waals surface area contributed by atoms with Crippen molar-refractivity contribution in [2.45, 2.75) is 26.4 Å². The van der Waals surface area contributed by atoms with E-state index in [2.05, 4.69) is 21.2 Å². The number of halogens is 2. The molecule has 0 saturated carbocycles. The standard InChI is InChI=1S/C13H17BrFNO2/c1-8(2)12(17)5-6-16-13(18)10-4-3-9(15)7-11(10)14/h3-4,7-8,12,17H,5-6H2,1-2H3,(H,16,18). The van der Waals surface area contributed by atoms with Crippen LogP contribution in [0.25, 0.3) is 0 Å². The summed E-state index contributed by atoms with van der Waals surface area (Å²) in [7, 11) is 0. The molecule has 100 valence electrons. The maximum absolute atomic E-state index is 12.9. The Morgan fingerprint density at radius 2 is 2.17 bits per heavy atom. The van der Waals surface area contributed by atoms with Crippen LogP contribution in [0.5, 0.6) is 0 Å². The van der Waals surface area contributed by atoms with Crippen LogP contribution < -0.4 is 5.32 Å². The molecule has 0 aliphatic heterocycles. The SMILES string of the molecule is CC(C)C(O)CCNC(=O)c1ccc(F)cc1Br. The molecule has 18 heavy (non-hydrogen) atoms. The van der Waals surface area contributed by atoms with E-state index in [1.807, 2.05) is 13.8 Å². The van der Waals surface area contributed by atoms with Gasteiger partial charge in [-0.1, -0.05) is 13.8 Å². The zero-order chi connectivity index (χ0) is 13.7. The van der Waals surface area contributed by atoms with Crippen LogP contribution >= 0.6 is 15.9 Å². The first-order chi connectivity index (χ1) is 8.41. The second-order valence-corrected chi connectivity index (χ2v) is 5.33. The highest BCUT2D eigenvalue weighted by Crippen LogP contribution is 2.17. The first-order valence-corrected chi connectivity index (χ1v) is 6.62. The van der Waals surface area contributed by atoms with Crippen molar-refractivity contribution in [1.82, 2.24) is 5.32 Å². The van der Waals surface area contributed by atoms with Gasteiger partial charge in [-0.15, -0.1) is 0 Å². The van der Waals surface area contributed by atoms with Gasteiger partial charge in [0.2, 0.25) is 0 Å². The van der Waals surface area contributed by atoms with E-state index in [4.69, 9.17) is 0 Å². The van der Waals surface area contributed by atoms with E-state index in [1.165, 1.54) is 18.2 Å². The summed E-state index contributed by atoms with van der Waals surface area (Å²) in [5, 5.41) is 12.3. The Balaban J connectivity index is 2.51. The van der Waals surface area contributed by atoms with Crippen molar-refractivity contribution >= 4 is 21.8 Å². The predicted molar refractivity (Wildman–Crippen MR) is 71.9 cm³/mol. The van der Waals surface area contributed by atoms with Gasteiger partial charge in [0.05, 0.1) is 11.7 Å². The third-order valence-corrected chi connectivity index (χ3v) is 3.33. The Kier molecular flexibility index (Phi) is 5.75. The molecule has 0 radical (unpaired) electrons. The second-order valence-electron chi connectivity index (χ2n) is 4.48. The van der Waals surface area contributed by atoms with E-state index in [0.717, 1.165) is 0 Å². The molecule has 1 aromatic carbocycles. The maximum Gasteiger partial charge on any atom is 0.252 e. The van der Waals surface area contributed by atoms with Crippen LogP contribution in [-0.2, 0) is 0 Å². The average molecular weight is 318 g/mol. The number of benzene rings is 1. The van der Waals surface area contributed by atoms with Crippen LogP contribution in [0, 0.1) is 11.7 Å². The number of rotatable bonds is 5. The predicted octanol–water partition coefficient (Wildman–Crippen LogP) is 2.73. The Morgan fingerprint density at radius 1 is 1.50 bits per heavy atom. The van der Waals surface area contributed by atoms with Gasteiger partial charge in [0, 0.05) is 11.0 Å². The number of hydrogen-bond donors (Lipinski definition) is 2. The average Bonchev–Trinajstić information content (AvgIpc) is 2.28. The van der Waals surface area contributed by atoms with Gasteiger partial charge in [-0.3, -0.25) is 4.79 Å². The summed E-state index contributed by atoms with van der Waals surface area (Å²) < 4.78 is 13.3. The maximum atomic E-state index is 12.9. The van der Waals surface area contributed by atoms with E-state index in [9.17, 15) is 14.3 Å². The summed E-state index contributed by atoms with van der Waals surface area (Å²) in [6, 6.07) is 3.91. The summed E-state index contributed by atoms with van der Waals surface area (Å²) in [5.74, 6) is -0.508. The molecular formula is C13H17BrFNO2. The number of carbonyl (C=O) groups is 1. The molecule has 1 amide bonds. The highest BCUT2D eigenvalue weighted by Gasteiger charge is 2.12. The lowest BCUT2D eigenvalue weighted by Crippen LogP contribution is -2.28. The Labute approximate surface area is 115 Å². The fraction of sp³-hybridized carbons (Fsp3) is 0.462. The fourth-order valence-corrected chi connectivity index (χ4v) is 1.97. The van der Waals surface area contributed by atoms with Crippen LogP contribution in [0.4, 0.5) is 4.39 Å². The molecule has 1 rings (SSSR count). The third-order valence-electron chi connectivity index (χ3n) is 2.67. The van der Waals surface area contributed by atoms with Crippen molar-refractivity contribution in [3.63, 3.8) is 0 Å². The topological polar surface area (TPSA) is 49.3 Å². The minimum absolute atomic E-state index is 0.166. The molecule has 1 aromatic rings. The highest BCUT2D eigenvalue weighted by atomic mass is 79.9. The molecule has 0 spiro atoms. The van der Waals surface area contributed by atoms with Gasteiger partial charge in [0.25, 0.3) is 5.91 Å². The zero-order valence-electron chi connectivity index (χ0n) is 10.4. The summed E-state index contributed by atoms with van der Waals surface area (Å²) in [6.45, 7) is 4.23. The molecule has 0 saturated heterocycles. The monoisotopic (exact) mass is 317 g/mol. The number of nitrogens with one attached hydrogen (secondary N) is 1. The van der Waals surface area contributed by atoms with Crippen molar-refractivity contribution < 1.29 is 14.3 Å². The van der Waals surface area contributed by atoms with Gasteiger partial charge in [-0.25, -0.2) is 4.39 Å². The zero-order valence-corrected chi connectivity index (χ0v) is 12.0. The van der Waals surface area contributed by atoms with Crippen molar-refractivity contribution in [2.75, 3.05) is 6.54 Å². The van der Waals surface area contributed by atoms with Gasteiger partial charge >= 0.3 is 0 Å². The molecule has 0 aliphatic rings. The highest BCUT2D eigenvalue weighted by molar-refractivity contribution is 9.10. The molecule has 0 aromatic heterocycles. The molecular weight excluding hydrogens is 301 g/mol. The molecule has 0 aliphatic carbocycles. The van der Waals surface area contributed by atoms with Crippen molar-refractivity contribution in [1.29, 1.82) is 0 Å². The van der Waals surface area contributed by atoms with Crippen LogP contribution in [-0.4, -0.2) is 23.7 Å². The summed E-state index contributed by atoms with van der Waals surface area (Å²) in [5.41, 5.74) is 0.385. The van der Waals surface area contributed by atoms with E-state index in [0.29, 0.717) is 23.0 Å². The van der Waals surface area contributed by atoms with Gasteiger partial charge in [-0.2, -0.15) is 0 Å².